The first-order chi connectivity index (χ1) is 9.95. The molecule has 21 heavy (non-hydrogen) atoms. The number of carbonyl (C=O) groups is 2. The van der Waals surface area contributed by atoms with E-state index in [9.17, 15) is 14.7 Å². The van der Waals surface area contributed by atoms with Crippen molar-refractivity contribution >= 4 is 11.8 Å². The highest BCUT2D eigenvalue weighted by molar-refractivity contribution is 5.87. The fourth-order valence-corrected chi connectivity index (χ4v) is 2.36. The average molecular weight is 290 g/mol. The Balaban J connectivity index is 2.03. The van der Waals surface area contributed by atoms with Gasteiger partial charge in [0.1, 0.15) is 11.8 Å². The van der Waals surface area contributed by atoms with E-state index in [1.807, 2.05) is 0 Å². The first-order valence-corrected chi connectivity index (χ1v) is 7.25. The van der Waals surface area contributed by atoms with Gasteiger partial charge in [0.2, 0.25) is 11.8 Å². The second kappa shape index (κ2) is 6.61. The fourth-order valence-electron chi connectivity index (χ4n) is 2.36. The molecule has 0 saturated heterocycles. The number of nitrogens with one attached hydrogen (secondary N) is 1. The SMILES string of the molecule is CC(=O)N[C@@H](Cc1ccc(O)cc1)C(=O)N(C)CC1CC1. The number of hydrogen-bond acceptors (Lipinski definition) is 3. The number of phenols is 1. The molecule has 0 bridgehead atoms. The summed E-state index contributed by atoms with van der Waals surface area (Å²) in [6, 6.07) is 6.13. The van der Waals surface area contributed by atoms with Gasteiger partial charge in [-0.1, -0.05) is 12.1 Å². The summed E-state index contributed by atoms with van der Waals surface area (Å²) in [4.78, 5) is 25.5. The van der Waals surface area contributed by atoms with Crippen molar-refractivity contribution in [1.82, 2.24) is 10.2 Å². The van der Waals surface area contributed by atoms with Crippen molar-refractivity contribution in [3.63, 3.8) is 0 Å². The van der Waals surface area contributed by atoms with Gasteiger partial charge in [0.15, 0.2) is 0 Å². The van der Waals surface area contributed by atoms with Crippen LogP contribution in [0.5, 0.6) is 5.75 Å². The van der Waals surface area contributed by atoms with Crippen molar-refractivity contribution in [3.8, 4) is 5.75 Å². The molecule has 0 radical (unpaired) electrons. The molecule has 1 atom stereocenters. The Morgan fingerprint density at radius 3 is 2.48 bits per heavy atom. The van der Waals surface area contributed by atoms with Crippen molar-refractivity contribution in [2.75, 3.05) is 13.6 Å². The van der Waals surface area contributed by atoms with Gasteiger partial charge in [-0.2, -0.15) is 0 Å². The van der Waals surface area contributed by atoms with Crippen LogP contribution in [0.4, 0.5) is 0 Å². The summed E-state index contributed by atoms with van der Waals surface area (Å²) in [5.74, 6) is 0.523. The summed E-state index contributed by atoms with van der Waals surface area (Å²) in [6.07, 6.45) is 2.79. The molecule has 0 spiro atoms. The minimum Gasteiger partial charge on any atom is -0.508 e. The minimum absolute atomic E-state index is 0.0647. The third kappa shape index (κ3) is 4.77. The molecular formula is C16H22N2O3. The van der Waals surface area contributed by atoms with Gasteiger partial charge in [0.05, 0.1) is 0 Å². The molecule has 1 aliphatic rings. The molecule has 114 valence electrons. The Morgan fingerprint density at radius 1 is 1.33 bits per heavy atom. The van der Waals surface area contributed by atoms with Crippen LogP contribution in [0.25, 0.3) is 0 Å². The molecule has 5 heteroatoms. The average Bonchev–Trinajstić information content (AvgIpc) is 3.23. The molecule has 5 nitrogen and oxygen atoms in total. The fraction of sp³-hybridized carbons (Fsp3) is 0.500. The number of phenolic OH excluding ortho intramolecular Hbond substituents is 1. The first-order valence-electron chi connectivity index (χ1n) is 7.25. The van der Waals surface area contributed by atoms with Gasteiger partial charge in [-0.05, 0) is 36.5 Å². The summed E-state index contributed by atoms with van der Waals surface area (Å²) >= 11 is 0. The normalized spacial score (nSPS) is 15.3. The Morgan fingerprint density at radius 2 is 1.95 bits per heavy atom. The molecular weight excluding hydrogens is 268 g/mol. The van der Waals surface area contributed by atoms with E-state index in [-0.39, 0.29) is 17.6 Å². The Kier molecular flexibility index (Phi) is 4.83. The highest BCUT2D eigenvalue weighted by atomic mass is 16.3. The van der Waals surface area contributed by atoms with Crippen LogP contribution in [0.3, 0.4) is 0 Å². The molecule has 0 heterocycles. The van der Waals surface area contributed by atoms with Gasteiger partial charge in [-0.25, -0.2) is 0 Å². The third-order valence-corrected chi connectivity index (χ3v) is 3.66. The lowest BCUT2D eigenvalue weighted by atomic mass is 10.0. The van der Waals surface area contributed by atoms with Crippen LogP contribution in [0.1, 0.15) is 25.3 Å². The van der Waals surface area contributed by atoms with E-state index < -0.39 is 6.04 Å². The molecule has 1 fully saturated rings. The predicted octanol–water partition coefficient (Wildman–Crippen LogP) is 1.31. The molecule has 1 aliphatic carbocycles. The summed E-state index contributed by atoms with van der Waals surface area (Å²) in [5, 5.41) is 12.0. The van der Waals surface area contributed by atoms with Crippen LogP contribution in [0, 0.1) is 5.92 Å². The molecule has 2 rings (SSSR count). The van der Waals surface area contributed by atoms with E-state index in [1.54, 1.807) is 36.2 Å². The maximum Gasteiger partial charge on any atom is 0.245 e. The second-order valence-corrected chi connectivity index (χ2v) is 5.79. The third-order valence-electron chi connectivity index (χ3n) is 3.66. The summed E-state index contributed by atoms with van der Waals surface area (Å²) in [5.41, 5.74) is 0.903. The van der Waals surface area contributed by atoms with Crippen molar-refractivity contribution in [2.45, 2.75) is 32.2 Å². The number of rotatable bonds is 6. The lowest BCUT2D eigenvalue weighted by Gasteiger charge is -2.24. The number of amides is 2. The monoisotopic (exact) mass is 290 g/mol. The smallest absolute Gasteiger partial charge is 0.245 e. The maximum absolute atomic E-state index is 12.5. The van der Waals surface area contributed by atoms with Gasteiger partial charge in [0, 0.05) is 26.9 Å². The molecule has 1 aromatic carbocycles. The number of carbonyl (C=O) groups excluding carboxylic acids is 2. The molecule has 1 saturated carbocycles. The maximum atomic E-state index is 12.5. The predicted molar refractivity (Wildman–Crippen MR) is 79.8 cm³/mol. The Hall–Kier alpha value is -2.04. The van der Waals surface area contributed by atoms with Gasteiger partial charge < -0.3 is 15.3 Å². The highest BCUT2D eigenvalue weighted by Crippen LogP contribution is 2.29. The van der Waals surface area contributed by atoms with E-state index in [4.69, 9.17) is 0 Å². The first kappa shape index (κ1) is 15.4. The van der Waals surface area contributed by atoms with E-state index >= 15 is 0 Å². The van der Waals surface area contributed by atoms with Gasteiger partial charge >= 0.3 is 0 Å². The van der Waals surface area contributed by atoms with Crippen LogP contribution in [0.15, 0.2) is 24.3 Å². The summed E-state index contributed by atoms with van der Waals surface area (Å²) in [6.45, 7) is 2.17. The van der Waals surface area contributed by atoms with Gasteiger partial charge in [0.25, 0.3) is 0 Å². The van der Waals surface area contributed by atoms with Crippen molar-refractivity contribution in [1.29, 1.82) is 0 Å². The molecule has 1 aromatic rings. The zero-order valence-electron chi connectivity index (χ0n) is 12.5. The van der Waals surface area contributed by atoms with E-state index in [2.05, 4.69) is 5.32 Å². The quantitative estimate of drug-likeness (QED) is 0.830. The largest absolute Gasteiger partial charge is 0.508 e. The van der Waals surface area contributed by atoms with E-state index in [0.29, 0.717) is 12.3 Å². The van der Waals surface area contributed by atoms with Crippen molar-refractivity contribution in [2.24, 2.45) is 5.92 Å². The second-order valence-electron chi connectivity index (χ2n) is 5.79. The van der Waals surface area contributed by atoms with Crippen LogP contribution in [-0.4, -0.2) is 41.5 Å². The Labute approximate surface area is 125 Å². The summed E-state index contributed by atoms with van der Waals surface area (Å²) < 4.78 is 0. The van der Waals surface area contributed by atoms with Crippen LogP contribution in [-0.2, 0) is 16.0 Å². The number of aromatic hydroxyl groups is 1. The number of benzene rings is 1. The lowest BCUT2D eigenvalue weighted by molar-refractivity contribution is -0.135. The zero-order valence-corrected chi connectivity index (χ0v) is 12.5. The number of hydrogen-bond donors (Lipinski definition) is 2. The highest BCUT2D eigenvalue weighted by Gasteiger charge is 2.28. The molecule has 0 aromatic heterocycles. The van der Waals surface area contributed by atoms with Crippen molar-refractivity contribution < 1.29 is 14.7 Å². The van der Waals surface area contributed by atoms with Crippen LogP contribution < -0.4 is 5.32 Å². The van der Waals surface area contributed by atoms with Crippen molar-refractivity contribution in [3.05, 3.63) is 29.8 Å². The molecule has 0 unspecified atom stereocenters. The van der Waals surface area contributed by atoms with Gasteiger partial charge in [-0.3, -0.25) is 9.59 Å². The van der Waals surface area contributed by atoms with Gasteiger partial charge in [-0.15, -0.1) is 0 Å². The van der Waals surface area contributed by atoms with E-state index in [1.165, 1.54) is 19.8 Å². The summed E-state index contributed by atoms with van der Waals surface area (Å²) in [7, 11) is 1.78. The standard InChI is InChI=1S/C16H22N2O3/c1-11(19)17-15(9-12-5-7-14(20)8-6-12)16(21)18(2)10-13-3-4-13/h5-8,13,15,20H,3-4,9-10H2,1-2H3,(H,17,19)/t15-/m0/s1. The zero-order chi connectivity index (χ0) is 15.4. The van der Waals surface area contributed by atoms with Crippen LogP contribution >= 0.6 is 0 Å². The minimum atomic E-state index is -0.559. The molecule has 0 aliphatic heterocycles. The Bertz CT molecular complexity index is 509. The molecule has 2 N–H and O–H groups in total. The van der Waals surface area contributed by atoms with E-state index in [0.717, 1.165) is 12.1 Å². The number of likely N-dealkylation sites (N-methyl/N-ethyl adjacent to an activating group) is 1. The molecule has 2 amide bonds. The topological polar surface area (TPSA) is 69.6 Å². The number of nitrogens with zero attached hydrogens (tertiary/aromatic N) is 1. The van der Waals surface area contributed by atoms with Crippen LogP contribution in [0.2, 0.25) is 0 Å². The lowest BCUT2D eigenvalue weighted by Crippen LogP contribution is -2.48.